The predicted octanol–water partition coefficient (Wildman–Crippen LogP) is 6.76. The average Bonchev–Trinajstić information content (AvgIpc) is 3.52. The number of pyridine rings is 2. The highest BCUT2D eigenvalue weighted by atomic mass is 16.1. The Kier molecular flexibility index (Phi) is 6.94. The number of rotatable bonds is 6. The van der Waals surface area contributed by atoms with Gasteiger partial charge in [-0.05, 0) is 67.5 Å². The number of anilines is 1. The van der Waals surface area contributed by atoms with Crippen LogP contribution in [0.2, 0.25) is 0 Å². The van der Waals surface area contributed by atoms with Crippen molar-refractivity contribution >= 4 is 22.3 Å². The smallest absolute Gasteiger partial charge is 0.263 e. The Hall–Kier alpha value is -5.03. The summed E-state index contributed by atoms with van der Waals surface area (Å²) in [5.74, 6) is 0.977. The Labute approximate surface area is 237 Å². The lowest BCUT2D eigenvalue weighted by atomic mass is 9.98. The van der Waals surface area contributed by atoms with Gasteiger partial charge in [-0.25, -0.2) is 9.83 Å². The van der Waals surface area contributed by atoms with Crippen molar-refractivity contribution in [3.8, 4) is 16.8 Å². The first-order valence-corrected chi connectivity index (χ1v) is 13.9. The van der Waals surface area contributed by atoms with E-state index in [0.29, 0.717) is 22.7 Å². The normalized spacial score (nSPS) is 14.2. The van der Waals surface area contributed by atoms with Gasteiger partial charge >= 0.3 is 0 Å². The fraction of sp³-hybridized carbons (Fsp3) is 0.242. The molecule has 0 saturated heterocycles. The van der Waals surface area contributed by atoms with Crippen molar-refractivity contribution in [3.05, 3.63) is 123 Å². The number of hydrogen-bond acceptors (Lipinski definition) is 5. The summed E-state index contributed by atoms with van der Waals surface area (Å²) in [6, 6.07) is 20.7. The third-order valence-corrected chi connectivity index (χ3v) is 7.86. The van der Waals surface area contributed by atoms with Crippen molar-refractivity contribution < 1.29 is 0 Å². The largest absolute Gasteiger partial charge is 0.371 e. The van der Waals surface area contributed by atoms with Crippen molar-refractivity contribution in [2.24, 2.45) is 0 Å². The molecule has 1 N–H and O–H groups in total. The van der Waals surface area contributed by atoms with Gasteiger partial charge in [0.25, 0.3) is 11.1 Å². The molecular formula is C33H30N6O2. The minimum atomic E-state index is -0.366. The molecule has 204 valence electrons. The molecule has 1 fully saturated rings. The van der Waals surface area contributed by atoms with E-state index in [0.717, 1.165) is 53.6 Å². The Morgan fingerprint density at radius 2 is 1.80 bits per heavy atom. The summed E-state index contributed by atoms with van der Waals surface area (Å²) in [5, 5.41) is 4.73. The fourth-order valence-electron chi connectivity index (χ4n) is 5.85. The lowest BCUT2D eigenvalue weighted by Gasteiger charge is -2.23. The third-order valence-electron chi connectivity index (χ3n) is 7.86. The maximum absolute atomic E-state index is 14.5. The minimum Gasteiger partial charge on any atom is -0.371 e. The summed E-state index contributed by atoms with van der Waals surface area (Å²) in [6.45, 7) is 11.3. The van der Waals surface area contributed by atoms with Crippen molar-refractivity contribution in [1.29, 1.82) is 0 Å². The summed E-state index contributed by atoms with van der Waals surface area (Å²) < 4.78 is 3.57. The molecule has 8 nitrogen and oxygen atoms in total. The molecular weight excluding hydrogens is 512 g/mol. The molecule has 5 aromatic rings. The molecule has 1 aliphatic carbocycles. The minimum absolute atomic E-state index is 0.0106. The number of fused-ring (bicyclic) bond motifs is 1. The SMILES string of the molecule is [C-]#[N+]c1cnc(C)nc1N[C@@H](C)c1cc2cccc(-c3ccc(=O)n(C4CCCC4)c3)c2c(=O)n1-c1ccccc1. The predicted molar refractivity (Wildman–Crippen MR) is 162 cm³/mol. The van der Waals surface area contributed by atoms with Crippen LogP contribution in [0, 0.1) is 13.5 Å². The number of aromatic nitrogens is 4. The lowest BCUT2D eigenvalue weighted by molar-refractivity contribution is 0.503. The van der Waals surface area contributed by atoms with Gasteiger partial charge in [-0.3, -0.25) is 19.1 Å². The number of para-hydroxylation sites is 1. The van der Waals surface area contributed by atoms with Crippen LogP contribution in [0.1, 0.15) is 56.2 Å². The van der Waals surface area contributed by atoms with Crippen molar-refractivity contribution in [2.75, 3.05) is 5.32 Å². The summed E-state index contributed by atoms with van der Waals surface area (Å²) in [6.07, 6.45) is 7.66. The van der Waals surface area contributed by atoms with Crippen LogP contribution in [-0.4, -0.2) is 19.1 Å². The fourth-order valence-corrected chi connectivity index (χ4v) is 5.85. The molecule has 1 aliphatic rings. The molecule has 1 atom stereocenters. The zero-order valence-electron chi connectivity index (χ0n) is 23.0. The first-order valence-electron chi connectivity index (χ1n) is 13.9. The van der Waals surface area contributed by atoms with Gasteiger partial charge in [0.05, 0.1) is 18.0 Å². The highest BCUT2D eigenvalue weighted by Crippen LogP contribution is 2.33. The van der Waals surface area contributed by atoms with Gasteiger partial charge in [0.1, 0.15) is 11.6 Å². The van der Waals surface area contributed by atoms with Crippen LogP contribution in [0.5, 0.6) is 0 Å². The zero-order chi connectivity index (χ0) is 28.5. The van der Waals surface area contributed by atoms with Gasteiger partial charge in [0.2, 0.25) is 5.69 Å². The van der Waals surface area contributed by atoms with E-state index in [1.54, 1.807) is 17.6 Å². The topological polar surface area (TPSA) is 86.2 Å². The zero-order valence-corrected chi connectivity index (χ0v) is 23.0. The highest BCUT2D eigenvalue weighted by molar-refractivity contribution is 5.96. The Morgan fingerprint density at radius 3 is 2.56 bits per heavy atom. The number of nitrogens with one attached hydrogen (secondary N) is 1. The van der Waals surface area contributed by atoms with E-state index in [-0.39, 0.29) is 23.2 Å². The van der Waals surface area contributed by atoms with E-state index < -0.39 is 0 Å². The van der Waals surface area contributed by atoms with Gasteiger partial charge in [-0.2, -0.15) is 0 Å². The van der Waals surface area contributed by atoms with Gasteiger partial charge in [-0.15, -0.1) is 0 Å². The van der Waals surface area contributed by atoms with Gasteiger partial charge in [0, 0.05) is 35.9 Å². The molecule has 1 saturated carbocycles. The van der Waals surface area contributed by atoms with Crippen molar-refractivity contribution in [2.45, 2.75) is 51.6 Å². The van der Waals surface area contributed by atoms with Crippen molar-refractivity contribution in [3.63, 3.8) is 0 Å². The third kappa shape index (κ3) is 4.91. The Balaban J connectivity index is 1.55. The van der Waals surface area contributed by atoms with E-state index >= 15 is 0 Å². The van der Waals surface area contributed by atoms with Crippen LogP contribution < -0.4 is 16.4 Å². The molecule has 2 aromatic carbocycles. The summed E-state index contributed by atoms with van der Waals surface area (Å²) in [5.41, 5.74) is 3.25. The van der Waals surface area contributed by atoms with E-state index in [9.17, 15) is 9.59 Å². The second-order valence-corrected chi connectivity index (χ2v) is 10.5. The molecule has 0 aliphatic heterocycles. The molecule has 3 heterocycles. The first kappa shape index (κ1) is 26.2. The first-order chi connectivity index (χ1) is 19.9. The Morgan fingerprint density at radius 1 is 1.02 bits per heavy atom. The van der Waals surface area contributed by atoms with Gasteiger partial charge < -0.3 is 9.88 Å². The van der Waals surface area contributed by atoms with Crippen LogP contribution in [0.15, 0.2) is 88.7 Å². The van der Waals surface area contributed by atoms with Gasteiger partial charge in [-0.1, -0.05) is 49.2 Å². The number of nitrogens with zero attached hydrogens (tertiary/aromatic N) is 5. The summed E-state index contributed by atoms with van der Waals surface area (Å²) in [4.78, 5) is 39.4. The molecule has 3 aromatic heterocycles. The second-order valence-electron chi connectivity index (χ2n) is 10.5. The second kappa shape index (κ2) is 10.9. The molecule has 41 heavy (non-hydrogen) atoms. The van der Waals surface area contributed by atoms with Crippen LogP contribution in [0.4, 0.5) is 11.5 Å². The van der Waals surface area contributed by atoms with E-state index in [4.69, 9.17) is 6.57 Å². The maximum Gasteiger partial charge on any atom is 0.263 e. The summed E-state index contributed by atoms with van der Waals surface area (Å²) >= 11 is 0. The van der Waals surface area contributed by atoms with Crippen LogP contribution in [0.25, 0.3) is 32.4 Å². The summed E-state index contributed by atoms with van der Waals surface area (Å²) in [7, 11) is 0. The van der Waals surface area contributed by atoms with Crippen LogP contribution in [-0.2, 0) is 0 Å². The van der Waals surface area contributed by atoms with Gasteiger partial charge in [0.15, 0.2) is 0 Å². The molecule has 0 bridgehead atoms. The van der Waals surface area contributed by atoms with E-state index in [2.05, 4.69) is 20.1 Å². The molecule has 8 heteroatoms. The molecule has 0 spiro atoms. The highest BCUT2D eigenvalue weighted by Gasteiger charge is 2.22. The number of hydrogen-bond donors (Lipinski definition) is 1. The number of aryl methyl sites for hydroxylation is 1. The number of benzene rings is 2. The molecule has 0 amide bonds. The quantitative estimate of drug-likeness (QED) is 0.240. The monoisotopic (exact) mass is 542 g/mol. The molecule has 0 radical (unpaired) electrons. The van der Waals surface area contributed by atoms with E-state index in [1.807, 2.05) is 78.4 Å². The lowest BCUT2D eigenvalue weighted by Crippen LogP contribution is -2.26. The molecule has 0 unspecified atom stereocenters. The van der Waals surface area contributed by atoms with Crippen LogP contribution >= 0.6 is 0 Å². The average molecular weight is 543 g/mol. The van der Waals surface area contributed by atoms with Crippen LogP contribution in [0.3, 0.4) is 0 Å². The molecule has 6 rings (SSSR count). The van der Waals surface area contributed by atoms with Crippen molar-refractivity contribution in [1.82, 2.24) is 19.1 Å². The maximum atomic E-state index is 14.5. The standard InChI is InChI=1S/C33H30N6O2/c1-21(36-32-28(34-3)19-35-22(2)37-32)29-18-23-10-9-15-27(31(23)33(41)39(29)26-13-5-4-6-14-26)24-16-17-30(40)38(20-24)25-11-7-8-12-25/h4-6,9-10,13-21,25H,7-8,11-12H2,1-2H3,(H,35,36,37)/t21-/m0/s1. The Bertz CT molecular complexity index is 1910. The van der Waals surface area contributed by atoms with E-state index in [1.165, 1.54) is 6.20 Å².